The highest BCUT2D eigenvalue weighted by molar-refractivity contribution is 7.26. The van der Waals surface area contributed by atoms with Gasteiger partial charge in [0.2, 0.25) is 0 Å². The van der Waals surface area contributed by atoms with Crippen LogP contribution >= 0.6 is 22.7 Å². The monoisotopic (exact) mass is 838 g/mol. The lowest BCUT2D eigenvalue weighted by atomic mass is 9.67. The normalized spacial score (nSPS) is 12.9. The number of hydrogen-bond donors (Lipinski definition) is 0. The van der Waals surface area contributed by atoms with Gasteiger partial charge in [0.05, 0.1) is 15.6 Å². The molecule has 0 radical (unpaired) electrons. The number of thiazole rings is 1. The zero-order chi connectivity index (χ0) is 41.5. The largest absolute Gasteiger partial charge is 0.236 e. The fourth-order valence-corrected chi connectivity index (χ4v) is 11.9. The van der Waals surface area contributed by atoms with Crippen LogP contribution in [0.1, 0.15) is 22.3 Å². The molecular formula is C57H34N4S2. The second-order valence-corrected chi connectivity index (χ2v) is 18.2. The molecule has 9 aromatic carbocycles. The number of thiophene rings is 1. The highest BCUT2D eigenvalue weighted by atomic mass is 32.1. The lowest BCUT2D eigenvalue weighted by Gasteiger charge is -2.34. The lowest BCUT2D eigenvalue weighted by molar-refractivity contribution is 0.768. The van der Waals surface area contributed by atoms with Crippen molar-refractivity contribution in [3.63, 3.8) is 0 Å². The van der Waals surface area contributed by atoms with Crippen molar-refractivity contribution in [1.29, 1.82) is 0 Å². The maximum atomic E-state index is 5.41. The third-order valence-electron chi connectivity index (χ3n) is 12.6. The minimum atomic E-state index is -0.552. The first kappa shape index (κ1) is 36.1. The van der Waals surface area contributed by atoms with Gasteiger partial charge in [-0.3, -0.25) is 0 Å². The first-order valence-electron chi connectivity index (χ1n) is 21.1. The first-order chi connectivity index (χ1) is 31.2. The molecule has 1 aliphatic carbocycles. The fraction of sp³-hybridized carbons (Fsp3) is 0.0175. The van der Waals surface area contributed by atoms with Gasteiger partial charge < -0.3 is 0 Å². The molecule has 3 heterocycles. The predicted octanol–water partition coefficient (Wildman–Crippen LogP) is 15.0. The number of nitrogens with zero attached hydrogens (tertiary/aromatic N) is 4. The Bertz CT molecular complexity index is 3680. The molecule has 0 aliphatic heterocycles. The van der Waals surface area contributed by atoms with E-state index >= 15 is 0 Å². The van der Waals surface area contributed by atoms with Crippen LogP contribution in [-0.4, -0.2) is 19.9 Å². The SMILES string of the molecule is c1ccc(C2(c3cccc(-c4nc(-c5ccc(-c6nc7ccccc7s6)cc5)nc(-c5cccc6sc7cc8ccccc8cc7c56)n4)c3)c3ccccc3-c3ccccc32)cc1. The van der Waals surface area contributed by atoms with Crippen LogP contribution in [0.2, 0.25) is 0 Å². The van der Waals surface area contributed by atoms with E-state index in [-0.39, 0.29) is 0 Å². The Labute approximate surface area is 371 Å². The van der Waals surface area contributed by atoms with Crippen LogP contribution in [0.25, 0.3) is 97.0 Å². The molecule has 0 fully saturated rings. The Hall–Kier alpha value is -7.64. The zero-order valence-electron chi connectivity index (χ0n) is 33.7. The number of fused-ring (bicyclic) bond motifs is 8. The van der Waals surface area contributed by atoms with E-state index < -0.39 is 5.41 Å². The molecule has 12 aromatic rings. The van der Waals surface area contributed by atoms with Gasteiger partial charge in [0.15, 0.2) is 17.5 Å². The Morgan fingerprint density at radius 3 is 1.71 bits per heavy atom. The van der Waals surface area contributed by atoms with E-state index in [1.165, 1.54) is 58.1 Å². The van der Waals surface area contributed by atoms with E-state index in [0.717, 1.165) is 43.7 Å². The van der Waals surface area contributed by atoms with Crippen molar-refractivity contribution in [2.24, 2.45) is 0 Å². The van der Waals surface area contributed by atoms with Crippen LogP contribution in [-0.2, 0) is 5.41 Å². The molecule has 0 unspecified atom stereocenters. The molecule has 0 amide bonds. The third kappa shape index (κ3) is 5.65. The van der Waals surface area contributed by atoms with Gasteiger partial charge in [-0.25, -0.2) is 19.9 Å². The van der Waals surface area contributed by atoms with Gasteiger partial charge in [-0.15, -0.1) is 22.7 Å². The Kier molecular flexibility index (Phi) is 8.13. The minimum Gasteiger partial charge on any atom is -0.236 e. The summed E-state index contributed by atoms with van der Waals surface area (Å²) in [5.41, 5.74) is 11.8. The highest BCUT2D eigenvalue weighted by Gasteiger charge is 2.46. The van der Waals surface area contributed by atoms with E-state index in [0.29, 0.717) is 17.5 Å². The maximum absolute atomic E-state index is 5.41. The van der Waals surface area contributed by atoms with Crippen molar-refractivity contribution in [2.75, 3.05) is 0 Å². The molecule has 0 bridgehead atoms. The topological polar surface area (TPSA) is 51.6 Å². The summed E-state index contributed by atoms with van der Waals surface area (Å²) in [5, 5.41) is 5.80. The molecule has 63 heavy (non-hydrogen) atoms. The molecule has 4 nitrogen and oxygen atoms in total. The number of aromatic nitrogens is 4. The second-order valence-electron chi connectivity index (χ2n) is 16.1. The van der Waals surface area contributed by atoms with E-state index in [9.17, 15) is 0 Å². The van der Waals surface area contributed by atoms with Gasteiger partial charge >= 0.3 is 0 Å². The Balaban J connectivity index is 1.03. The summed E-state index contributed by atoms with van der Waals surface area (Å²) in [6.07, 6.45) is 0. The average molecular weight is 839 g/mol. The van der Waals surface area contributed by atoms with Crippen LogP contribution in [0.3, 0.4) is 0 Å². The Morgan fingerprint density at radius 2 is 0.937 bits per heavy atom. The summed E-state index contributed by atoms with van der Waals surface area (Å²) >= 11 is 3.52. The van der Waals surface area contributed by atoms with Gasteiger partial charge in [-0.1, -0.05) is 170 Å². The van der Waals surface area contributed by atoms with Gasteiger partial charge in [0.25, 0.3) is 0 Å². The summed E-state index contributed by atoms with van der Waals surface area (Å²) in [7, 11) is 0. The molecule has 0 saturated heterocycles. The quantitative estimate of drug-likeness (QED) is 0.167. The van der Waals surface area contributed by atoms with Crippen LogP contribution in [0.5, 0.6) is 0 Å². The summed E-state index contributed by atoms with van der Waals surface area (Å²) in [6, 6.07) is 74.0. The van der Waals surface area contributed by atoms with Crippen LogP contribution < -0.4 is 0 Å². The minimum absolute atomic E-state index is 0.552. The first-order valence-corrected chi connectivity index (χ1v) is 22.7. The average Bonchev–Trinajstić information content (AvgIpc) is 4.04. The van der Waals surface area contributed by atoms with E-state index in [4.69, 9.17) is 19.9 Å². The van der Waals surface area contributed by atoms with E-state index in [1.54, 1.807) is 11.3 Å². The molecule has 294 valence electrons. The molecule has 6 heteroatoms. The highest BCUT2D eigenvalue weighted by Crippen LogP contribution is 2.56. The fourth-order valence-electron chi connectivity index (χ4n) is 9.81. The maximum Gasteiger partial charge on any atom is 0.164 e. The van der Waals surface area contributed by atoms with Crippen LogP contribution in [0.15, 0.2) is 206 Å². The predicted molar refractivity (Wildman–Crippen MR) is 262 cm³/mol. The third-order valence-corrected chi connectivity index (χ3v) is 14.8. The summed E-state index contributed by atoms with van der Waals surface area (Å²) in [4.78, 5) is 21.0. The molecule has 0 saturated carbocycles. The molecule has 13 rings (SSSR count). The van der Waals surface area contributed by atoms with Crippen LogP contribution in [0.4, 0.5) is 0 Å². The molecule has 0 spiro atoms. The van der Waals surface area contributed by atoms with Gasteiger partial charge in [-0.2, -0.15) is 0 Å². The summed E-state index contributed by atoms with van der Waals surface area (Å²) < 4.78 is 3.62. The second kappa shape index (κ2) is 14.2. The molecule has 0 N–H and O–H groups in total. The van der Waals surface area contributed by atoms with E-state index in [2.05, 4.69) is 200 Å². The number of benzene rings is 9. The summed E-state index contributed by atoms with van der Waals surface area (Å²) in [5.74, 6) is 1.88. The molecule has 0 atom stereocenters. The van der Waals surface area contributed by atoms with Crippen molar-refractivity contribution in [3.8, 4) is 55.9 Å². The smallest absolute Gasteiger partial charge is 0.164 e. The van der Waals surface area contributed by atoms with Crippen molar-refractivity contribution >= 4 is 63.8 Å². The van der Waals surface area contributed by atoms with Gasteiger partial charge in [0, 0.05) is 42.4 Å². The van der Waals surface area contributed by atoms with Crippen molar-refractivity contribution in [1.82, 2.24) is 19.9 Å². The van der Waals surface area contributed by atoms with E-state index in [1.807, 2.05) is 17.4 Å². The van der Waals surface area contributed by atoms with Gasteiger partial charge in [-0.05, 0) is 80.6 Å². The molecule has 3 aromatic heterocycles. The standard InChI is InChI=1S/C57H34N4S2/c1-2-17-40(18-3-1)57(46-23-8-6-20-42(46)43-21-7-9-24-47(43)57)41-19-12-16-39(32-41)54-59-53(35-28-30-36(31-29-35)56-58-48-25-10-11-26-49(48)63-56)60-55(61-54)44-22-13-27-50-52(44)45-33-37-14-4-5-15-38(37)34-51(45)62-50/h1-34H. The number of para-hydroxylation sites is 1. The lowest BCUT2D eigenvalue weighted by Crippen LogP contribution is -2.28. The van der Waals surface area contributed by atoms with Crippen molar-refractivity contribution < 1.29 is 0 Å². The van der Waals surface area contributed by atoms with Gasteiger partial charge in [0.1, 0.15) is 5.01 Å². The zero-order valence-corrected chi connectivity index (χ0v) is 35.4. The molecular weight excluding hydrogens is 805 g/mol. The van der Waals surface area contributed by atoms with Crippen molar-refractivity contribution in [2.45, 2.75) is 5.41 Å². The Morgan fingerprint density at radius 1 is 0.349 bits per heavy atom. The van der Waals surface area contributed by atoms with Crippen molar-refractivity contribution in [3.05, 3.63) is 229 Å². The van der Waals surface area contributed by atoms with Crippen LogP contribution in [0, 0.1) is 0 Å². The number of hydrogen-bond acceptors (Lipinski definition) is 6. The summed E-state index contributed by atoms with van der Waals surface area (Å²) in [6.45, 7) is 0. The molecule has 1 aliphatic rings. The number of rotatable bonds is 6.